The van der Waals surface area contributed by atoms with Gasteiger partial charge in [0.1, 0.15) is 0 Å². The second-order valence-corrected chi connectivity index (χ2v) is 8.39. The molecule has 1 saturated heterocycles. The van der Waals surface area contributed by atoms with E-state index >= 15 is 0 Å². The number of hydrogen-bond acceptors (Lipinski definition) is 3. The van der Waals surface area contributed by atoms with Crippen LogP contribution in [0.3, 0.4) is 0 Å². The first-order chi connectivity index (χ1) is 13.7. The van der Waals surface area contributed by atoms with E-state index in [1.807, 2.05) is 41.4 Å². The standard InChI is InChI=1S/C23H25N3O2/c27-20-8-7-18(16-5-2-1-3-6-16)19(20)13-21(28)26-12-4-10-23(15-26)11-9-17-14-24-25-22(17)23/h1-3,5-6,14H,4,7-13,15H2,(H,24,25). The Morgan fingerprint density at radius 2 is 2.00 bits per heavy atom. The molecule has 1 fully saturated rings. The third kappa shape index (κ3) is 2.81. The molecule has 0 radical (unpaired) electrons. The number of aromatic amines is 1. The van der Waals surface area contributed by atoms with Gasteiger partial charge >= 0.3 is 0 Å². The van der Waals surface area contributed by atoms with Crippen molar-refractivity contribution in [3.8, 4) is 0 Å². The molecule has 3 aliphatic rings. The average molecular weight is 375 g/mol. The summed E-state index contributed by atoms with van der Waals surface area (Å²) in [5.41, 5.74) is 5.41. The van der Waals surface area contributed by atoms with E-state index in [2.05, 4.69) is 10.2 Å². The predicted octanol–water partition coefficient (Wildman–Crippen LogP) is 3.42. The van der Waals surface area contributed by atoms with E-state index in [0.717, 1.165) is 61.9 Å². The Bertz CT molecular complexity index is 959. The minimum absolute atomic E-state index is 0.0239. The summed E-state index contributed by atoms with van der Waals surface area (Å²) in [6.07, 6.45) is 7.65. The molecule has 1 aromatic heterocycles. The monoisotopic (exact) mass is 375 g/mol. The Kier molecular flexibility index (Phi) is 4.18. The number of rotatable bonds is 3. The lowest BCUT2D eigenvalue weighted by atomic mass is 9.77. The summed E-state index contributed by atoms with van der Waals surface area (Å²) in [5.74, 6) is 0.223. The first-order valence-corrected chi connectivity index (χ1v) is 10.3. The number of nitrogens with one attached hydrogen (secondary N) is 1. The maximum Gasteiger partial charge on any atom is 0.227 e. The second-order valence-electron chi connectivity index (χ2n) is 8.39. The molecule has 1 amide bonds. The number of nitrogens with zero attached hydrogens (tertiary/aromatic N) is 2. The number of Topliss-reactive ketones (excluding diaryl/α,β-unsaturated/α-hetero) is 1. The molecule has 2 aliphatic carbocycles. The van der Waals surface area contributed by atoms with E-state index in [9.17, 15) is 9.59 Å². The summed E-state index contributed by atoms with van der Waals surface area (Å²) in [5, 5.41) is 7.41. The molecule has 5 rings (SSSR count). The molecule has 2 aromatic rings. The smallest absolute Gasteiger partial charge is 0.227 e. The van der Waals surface area contributed by atoms with Gasteiger partial charge in [-0.15, -0.1) is 0 Å². The molecule has 1 atom stereocenters. The Balaban J connectivity index is 1.37. The summed E-state index contributed by atoms with van der Waals surface area (Å²) in [6.45, 7) is 1.52. The van der Waals surface area contributed by atoms with Crippen molar-refractivity contribution in [1.82, 2.24) is 15.1 Å². The third-order valence-corrected chi connectivity index (χ3v) is 6.80. The van der Waals surface area contributed by atoms with Crippen LogP contribution < -0.4 is 0 Å². The van der Waals surface area contributed by atoms with Gasteiger partial charge in [0.2, 0.25) is 5.91 Å². The summed E-state index contributed by atoms with van der Waals surface area (Å²) in [4.78, 5) is 27.7. The Labute approximate surface area is 164 Å². The van der Waals surface area contributed by atoms with Crippen LogP contribution in [0.2, 0.25) is 0 Å². The quantitative estimate of drug-likeness (QED) is 0.894. The Morgan fingerprint density at radius 3 is 2.86 bits per heavy atom. The average Bonchev–Trinajstić information content (AvgIpc) is 3.42. The van der Waals surface area contributed by atoms with Crippen molar-refractivity contribution in [2.75, 3.05) is 13.1 Å². The van der Waals surface area contributed by atoms with Gasteiger partial charge in [-0.05, 0) is 48.8 Å². The van der Waals surface area contributed by atoms with Gasteiger partial charge in [-0.2, -0.15) is 5.10 Å². The third-order valence-electron chi connectivity index (χ3n) is 6.80. The van der Waals surface area contributed by atoms with Crippen LogP contribution in [0, 0.1) is 0 Å². The molecule has 144 valence electrons. The number of H-pyrrole nitrogens is 1. The SMILES string of the molecule is O=C1CCC(c2ccccc2)=C1CC(=O)N1CCCC2(CCc3cn[nH]c32)C1. The van der Waals surface area contributed by atoms with Crippen molar-refractivity contribution in [1.29, 1.82) is 0 Å². The number of hydrogen-bond donors (Lipinski definition) is 1. The number of allylic oxidation sites excluding steroid dienone is 1. The van der Waals surface area contributed by atoms with Crippen LogP contribution in [0.15, 0.2) is 42.1 Å². The van der Waals surface area contributed by atoms with Crippen molar-refractivity contribution in [3.63, 3.8) is 0 Å². The molecule has 1 spiro atoms. The maximum absolute atomic E-state index is 13.2. The van der Waals surface area contributed by atoms with Crippen LogP contribution in [0.5, 0.6) is 0 Å². The van der Waals surface area contributed by atoms with Gasteiger partial charge in [0.25, 0.3) is 0 Å². The van der Waals surface area contributed by atoms with E-state index in [-0.39, 0.29) is 23.5 Å². The molecule has 1 N–H and O–H groups in total. The van der Waals surface area contributed by atoms with Gasteiger partial charge in [0, 0.05) is 36.2 Å². The number of fused-ring (bicyclic) bond motifs is 2. The Hall–Kier alpha value is -2.69. The first-order valence-electron chi connectivity index (χ1n) is 10.3. The Morgan fingerprint density at radius 1 is 1.14 bits per heavy atom. The predicted molar refractivity (Wildman–Crippen MR) is 107 cm³/mol. The van der Waals surface area contributed by atoms with Gasteiger partial charge in [0.15, 0.2) is 5.78 Å². The lowest BCUT2D eigenvalue weighted by Crippen LogP contribution is -2.48. The number of piperidine rings is 1. The lowest BCUT2D eigenvalue weighted by Gasteiger charge is -2.40. The fourth-order valence-electron chi connectivity index (χ4n) is 5.35. The zero-order valence-corrected chi connectivity index (χ0v) is 16.0. The van der Waals surface area contributed by atoms with E-state index in [1.54, 1.807) is 0 Å². The number of ketones is 1. The van der Waals surface area contributed by atoms with Crippen molar-refractivity contribution in [2.45, 2.75) is 50.4 Å². The molecule has 1 aliphatic heterocycles. The van der Waals surface area contributed by atoms with Crippen LogP contribution in [-0.4, -0.2) is 39.9 Å². The van der Waals surface area contributed by atoms with Crippen molar-refractivity contribution in [3.05, 3.63) is 58.9 Å². The number of carbonyl (C=O) groups excluding carboxylic acids is 2. The largest absolute Gasteiger partial charge is 0.341 e. The topological polar surface area (TPSA) is 66.1 Å². The summed E-state index contributed by atoms with van der Waals surface area (Å²) >= 11 is 0. The maximum atomic E-state index is 13.2. The number of aryl methyl sites for hydroxylation is 1. The zero-order chi connectivity index (χ0) is 19.1. The highest BCUT2D eigenvalue weighted by molar-refractivity contribution is 6.10. The second kappa shape index (κ2) is 6.73. The van der Waals surface area contributed by atoms with Gasteiger partial charge in [-0.1, -0.05) is 30.3 Å². The zero-order valence-electron chi connectivity index (χ0n) is 16.0. The molecule has 2 heterocycles. The summed E-state index contributed by atoms with van der Waals surface area (Å²) < 4.78 is 0. The normalized spacial score (nSPS) is 24.3. The van der Waals surface area contributed by atoms with Gasteiger partial charge in [-0.3, -0.25) is 14.7 Å². The molecule has 1 unspecified atom stereocenters. The van der Waals surface area contributed by atoms with Crippen LogP contribution >= 0.6 is 0 Å². The first kappa shape index (κ1) is 17.4. The van der Waals surface area contributed by atoms with Gasteiger partial charge in [0.05, 0.1) is 12.6 Å². The fourth-order valence-corrected chi connectivity index (χ4v) is 5.35. The van der Waals surface area contributed by atoms with E-state index in [0.29, 0.717) is 6.42 Å². The van der Waals surface area contributed by atoms with Crippen LogP contribution in [-0.2, 0) is 21.4 Å². The molecule has 5 heteroatoms. The van der Waals surface area contributed by atoms with E-state index in [4.69, 9.17) is 0 Å². The highest BCUT2D eigenvalue weighted by Gasteiger charge is 2.44. The summed E-state index contributed by atoms with van der Waals surface area (Å²) in [7, 11) is 0. The van der Waals surface area contributed by atoms with Crippen LogP contribution in [0.4, 0.5) is 0 Å². The highest BCUT2D eigenvalue weighted by Crippen LogP contribution is 2.44. The van der Waals surface area contributed by atoms with Crippen molar-refractivity contribution < 1.29 is 9.59 Å². The van der Waals surface area contributed by atoms with E-state index in [1.165, 1.54) is 11.3 Å². The number of benzene rings is 1. The number of likely N-dealkylation sites (tertiary alicyclic amines) is 1. The number of carbonyl (C=O) groups is 2. The molecule has 5 nitrogen and oxygen atoms in total. The molecule has 1 aromatic carbocycles. The minimum atomic E-state index is 0.0239. The molecular formula is C23H25N3O2. The van der Waals surface area contributed by atoms with E-state index < -0.39 is 0 Å². The lowest BCUT2D eigenvalue weighted by molar-refractivity contribution is -0.133. The van der Waals surface area contributed by atoms with Crippen LogP contribution in [0.1, 0.15) is 55.3 Å². The number of amides is 1. The van der Waals surface area contributed by atoms with Crippen LogP contribution in [0.25, 0.3) is 5.57 Å². The molecule has 0 bridgehead atoms. The summed E-state index contributed by atoms with van der Waals surface area (Å²) in [6, 6.07) is 10.0. The highest BCUT2D eigenvalue weighted by atomic mass is 16.2. The molecular weight excluding hydrogens is 350 g/mol. The molecule has 0 saturated carbocycles. The minimum Gasteiger partial charge on any atom is -0.341 e. The number of aromatic nitrogens is 2. The van der Waals surface area contributed by atoms with Crippen molar-refractivity contribution >= 4 is 17.3 Å². The van der Waals surface area contributed by atoms with Gasteiger partial charge < -0.3 is 4.90 Å². The fraction of sp³-hybridized carbons (Fsp3) is 0.435. The molecule has 28 heavy (non-hydrogen) atoms. The van der Waals surface area contributed by atoms with Crippen molar-refractivity contribution in [2.24, 2.45) is 0 Å². The van der Waals surface area contributed by atoms with Gasteiger partial charge in [-0.25, -0.2) is 0 Å².